The predicted octanol–water partition coefficient (Wildman–Crippen LogP) is 3.97. The number of benzene rings is 2. The van der Waals surface area contributed by atoms with Crippen LogP contribution in [-0.2, 0) is 32.1 Å². The molecule has 1 fully saturated rings. The number of hydrogen-bond acceptors (Lipinski definition) is 7. The first-order valence-corrected chi connectivity index (χ1v) is 14.5. The quantitative estimate of drug-likeness (QED) is 0.252. The number of thioether (sulfide) groups is 1. The third-order valence-electron chi connectivity index (χ3n) is 6.46. The fourth-order valence-corrected chi connectivity index (χ4v) is 5.50. The van der Waals surface area contributed by atoms with Crippen molar-refractivity contribution in [3.05, 3.63) is 65.0 Å². The van der Waals surface area contributed by atoms with Crippen LogP contribution in [0.2, 0.25) is 0 Å². The van der Waals surface area contributed by atoms with Gasteiger partial charge in [-0.25, -0.2) is 18.0 Å². The lowest BCUT2D eigenvalue weighted by Gasteiger charge is -2.25. The zero-order chi connectivity index (χ0) is 30.3. The second kappa shape index (κ2) is 14.6. The van der Waals surface area contributed by atoms with Gasteiger partial charge in [-0.1, -0.05) is 26.0 Å². The van der Waals surface area contributed by atoms with E-state index in [4.69, 9.17) is 10.5 Å². The van der Waals surface area contributed by atoms with Gasteiger partial charge in [0.15, 0.2) is 17.0 Å². The zero-order valence-electron chi connectivity index (χ0n) is 23.6. The molecule has 2 unspecified atom stereocenters. The summed E-state index contributed by atoms with van der Waals surface area (Å²) in [6, 6.07) is 7.13. The molecule has 1 saturated heterocycles. The Morgan fingerprint density at radius 2 is 1.71 bits per heavy atom. The number of ether oxygens (including phenoxy) is 1. The summed E-state index contributed by atoms with van der Waals surface area (Å²) < 4.78 is 46.0. The molecule has 1 aliphatic heterocycles. The third kappa shape index (κ3) is 9.12. The minimum absolute atomic E-state index is 0.0106. The van der Waals surface area contributed by atoms with E-state index in [0.717, 1.165) is 17.3 Å². The number of hydrogen-bond donors (Lipinski definition) is 3. The largest absolute Gasteiger partial charge is 0.461 e. The van der Waals surface area contributed by atoms with Crippen LogP contribution in [0.15, 0.2) is 36.4 Å². The zero-order valence-corrected chi connectivity index (χ0v) is 24.4. The first-order chi connectivity index (χ1) is 19.3. The Balaban J connectivity index is 1.52. The molecule has 0 bridgehead atoms. The van der Waals surface area contributed by atoms with Crippen LogP contribution in [0.5, 0.6) is 0 Å². The van der Waals surface area contributed by atoms with Crippen LogP contribution in [-0.4, -0.2) is 58.5 Å². The molecule has 224 valence electrons. The number of carbonyl (C=O) groups excluding carboxylic acids is 3. The lowest BCUT2D eigenvalue weighted by atomic mass is 10.0. The molecule has 3 rings (SSSR count). The molecule has 1 aliphatic rings. The molecule has 0 radical (unpaired) electrons. The van der Waals surface area contributed by atoms with Gasteiger partial charge >= 0.3 is 5.97 Å². The van der Waals surface area contributed by atoms with Crippen molar-refractivity contribution in [2.75, 3.05) is 17.6 Å². The summed E-state index contributed by atoms with van der Waals surface area (Å²) in [7, 11) is 0. The monoisotopic (exact) mass is 594 g/mol. The van der Waals surface area contributed by atoms with Gasteiger partial charge in [0.1, 0.15) is 11.9 Å². The molecule has 0 spiro atoms. The summed E-state index contributed by atoms with van der Waals surface area (Å²) in [5.41, 5.74) is 7.46. The molecule has 2 amide bonds. The Kier molecular flexibility index (Phi) is 11.5. The van der Waals surface area contributed by atoms with Crippen molar-refractivity contribution < 1.29 is 32.3 Å². The molecule has 0 saturated carbocycles. The summed E-state index contributed by atoms with van der Waals surface area (Å²) in [5.74, 6) is -3.88. The van der Waals surface area contributed by atoms with Crippen LogP contribution in [0.25, 0.3) is 0 Å². The maximum atomic E-state index is 14.0. The van der Waals surface area contributed by atoms with Gasteiger partial charge in [-0.3, -0.25) is 9.59 Å². The predicted molar refractivity (Wildman–Crippen MR) is 152 cm³/mol. The van der Waals surface area contributed by atoms with Crippen molar-refractivity contribution in [2.45, 2.75) is 70.6 Å². The van der Waals surface area contributed by atoms with Crippen molar-refractivity contribution in [3.63, 3.8) is 0 Å². The van der Waals surface area contributed by atoms with Crippen molar-refractivity contribution in [3.8, 4) is 0 Å². The van der Waals surface area contributed by atoms with E-state index in [1.54, 1.807) is 13.8 Å². The molecule has 3 atom stereocenters. The van der Waals surface area contributed by atoms with E-state index in [-0.39, 0.29) is 54.8 Å². The van der Waals surface area contributed by atoms with E-state index in [9.17, 15) is 27.6 Å². The standard InChI is InChI=1S/C29H37F3N4O4S/c1-16(2)26(29(39)40-17(3)4)35-21-7-5-18(6-8-21)15-34-27(38)28-36(9-10-41-28)25(37)13-20(33)11-19-12-23(31)24(32)14-22(19)30/h5-8,12,14,16-17,20,26,28,35H,9-11,13,15,33H2,1-4H3,(H,34,38)/t20?,26?,28-/m0/s1. The molecular formula is C29H37F3N4O4S. The van der Waals surface area contributed by atoms with Gasteiger partial charge in [-0.05, 0) is 55.5 Å². The average molecular weight is 595 g/mol. The molecule has 12 heteroatoms. The number of amides is 2. The molecule has 41 heavy (non-hydrogen) atoms. The lowest BCUT2D eigenvalue weighted by molar-refractivity contribution is -0.149. The van der Waals surface area contributed by atoms with Crippen LogP contribution in [0.1, 0.15) is 45.2 Å². The second-order valence-corrected chi connectivity index (χ2v) is 11.8. The minimum Gasteiger partial charge on any atom is -0.461 e. The van der Waals surface area contributed by atoms with E-state index in [0.29, 0.717) is 18.4 Å². The Bertz CT molecular complexity index is 1230. The van der Waals surface area contributed by atoms with E-state index >= 15 is 0 Å². The highest BCUT2D eigenvalue weighted by Gasteiger charge is 2.35. The van der Waals surface area contributed by atoms with Crippen molar-refractivity contribution in [1.29, 1.82) is 0 Å². The number of carbonyl (C=O) groups is 3. The second-order valence-electron chi connectivity index (χ2n) is 10.6. The Hall–Kier alpha value is -3.25. The number of esters is 1. The number of halogens is 3. The lowest BCUT2D eigenvalue weighted by Crippen LogP contribution is -2.46. The number of nitrogens with zero attached hydrogens (tertiary/aromatic N) is 1. The maximum Gasteiger partial charge on any atom is 0.329 e. The third-order valence-corrected chi connectivity index (χ3v) is 7.66. The van der Waals surface area contributed by atoms with Crippen molar-refractivity contribution in [1.82, 2.24) is 10.2 Å². The number of anilines is 1. The molecule has 8 nitrogen and oxygen atoms in total. The van der Waals surface area contributed by atoms with E-state index in [1.165, 1.54) is 16.7 Å². The molecule has 4 N–H and O–H groups in total. The smallest absolute Gasteiger partial charge is 0.329 e. The van der Waals surface area contributed by atoms with E-state index < -0.39 is 34.9 Å². The van der Waals surface area contributed by atoms with Gasteiger partial charge in [0.05, 0.1) is 6.10 Å². The van der Waals surface area contributed by atoms with Crippen molar-refractivity contribution in [2.24, 2.45) is 11.7 Å². The van der Waals surface area contributed by atoms with Gasteiger partial charge in [-0.2, -0.15) is 0 Å². The first-order valence-electron chi connectivity index (χ1n) is 13.5. The highest BCUT2D eigenvalue weighted by Crippen LogP contribution is 2.26. The normalized spacial score (nSPS) is 16.5. The summed E-state index contributed by atoms with van der Waals surface area (Å²) in [6.45, 7) is 8.04. The number of rotatable bonds is 12. The first kappa shape index (κ1) is 32.3. The van der Waals surface area contributed by atoms with Crippen LogP contribution < -0.4 is 16.4 Å². The van der Waals surface area contributed by atoms with Crippen LogP contribution >= 0.6 is 11.8 Å². The van der Waals surface area contributed by atoms with Gasteiger partial charge in [0.25, 0.3) is 5.91 Å². The minimum atomic E-state index is -1.30. The fraction of sp³-hybridized carbons (Fsp3) is 0.483. The molecular weight excluding hydrogens is 557 g/mol. The molecule has 0 aliphatic carbocycles. The van der Waals surface area contributed by atoms with E-state index in [2.05, 4.69) is 10.6 Å². The van der Waals surface area contributed by atoms with Crippen LogP contribution in [0.4, 0.5) is 18.9 Å². The summed E-state index contributed by atoms with van der Waals surface area (Å²) >= 11 is 1.32. The molecule has 1 heterocycles. The SMILES string of the molecule is CC(C)OC(=O)C(Nc1ccc(CNC(=O)[C@@H]2SCCN2C(=O)CC(N)Cc2cc(F)c(F)cc2F)cc1)C(C)C. The molecule has 0 aromatic heterocycles. The van der Waals surface area contributed by atoms with E-state index in [1.807, 2.05) is 38.1 Å². The number of nitrogens with one attached hydrogen (secondary N) is 2. The van der Waals surface area contributed by atoms with Crippen LogP contribution in [0, 0.1) is 23.4 Å². The average Bonchev–Trinajstić information content (AvgIpc) is 3.39. The molecule has 2 aromatic carbocycles. The Labute approximate surface area is 242 Å². The highest BCUT2D eigenvalue weighted by atomic mass is 32.2. The Morgan fingerprint density at radius 1 is 1.05 bits per heavy atom. The number of nitrogens with two attached hydrogens (primary N) is 1. The van der Waals surface area contributed by atoms with Gasteiger partial charge in [0, 0.05) is 43.1 Å². The Morgan fingerprint density at radius 3 is 2.34 bits per heavy atom. The van der Waals surface area contributed by atoms with Gasteiger partial charge in [0.2, 0.25) is 5.91 Å². The van der Waals surface area contributed by atoms with Crippen LogP contribution in [0.3, 0.4) is 0 Å². The van der Waals surface area contributed by atoms with Gasteiger partial charge in [-0.15, -0.1) is 11.8 Å². The summed E-state index contributed by atoms with van der Waals surface area (Å²) in [4.78, 5) is 39.7. The molecule has 2 aromatic rings. The van der Waals surface area contributed by atoms with Crippen molar-refractivity contribution >= 4 is 35.2 Å². The highest BCUT2D eigenvalue weighted by molar-refractivity contribution is 8.00. The fourth-order valence-electron chi connectivity index (χ4n) is 4.34. The topological polar surface area (TPSA) is 114 Å². The maximum absolute atomic E-state index is 14.0. The summed E-state index contributed by atoms with van der Waals surface area (Å²) in [5, 5.41) is 5.31. The summed E-state index contributed by atoms with van der Waals surface area (Å²) in [6.07, 6.45) is -0.553. The van der Waals surface area contributed by atoms with Gasteiger partial charge < -0.3 is 26.0 Å².